The Morgan fingerprint density at radius 1 is 1.53 bits per heavy atom. The zero-order valence-corrected chi connectivity index (χ0v) is 9.74. The molecule has 6 heteroatoms. The zero-order valence-electron chi connectivity index (χ0n) is 8.98. The SMILES string of the molecule is O=C1CCC(Cc2cc([N+](=O)[O-])ccc2Cl)N1. The number of non-ortho nitro benzene ring substituents is 1. The summed E-state index contributed by atoms with van der Waals surface area (Å²) in [5.41, 5.74) is 0.724. The Morgan fingerprint density at radius 2 is 2.29 bits per heavy atom. The van der Waals surface area contributed by atoms with Gasteiger partial charge in [-0.3, -0.25) is 14.9 Å². The number of carbonyl (C=O) groups excluding carboxylic acids is 1. The summed E-state index contributed by atoms with van der Waals surface area (Å²) in [7, 11) is 0. The Kier molecular flexibility index (Phi) is 3.28. The Balaban J connectivity index is 2.17. The number of nitrogens with zero attached hydrogens (tertiary/aromatic N) is 1. The molecular weight excluding hydrogens is 244 g/mol. The minimum absolute atomic E-state index is 0.0220. The molecule has 1 aromatic carbocycles. The summed E-state index contributed by atoms with van der Waals surface area (Å²) in [5.74, 6) is 0.0246. The first kappa shape index (κ1) is 11.9. The van der Waals surface area contributed by atoms with Crippen LogP contribution in [0.1, 0.15) is 18.4 Å². The van der Waals surface area contributed by atoms with E-state index in [9.17, 15) is 14.9 Å². The van der Waals surface area contributed by atoms with E-state index >= 15 is 0 Å². The number of carbonyl (C=O) groups is 1. The van der Waals surface area contributed by atoms with Gasteiger partial charge < -0.3 is 5.32 Å². The van der Waals surface area contributed by atoms with Gasteiger partial charge in [-0.1, -0.05) is 11.6 Å². The first-order valence-electron chi connectivity index (χ1n) is 5.28. The molecule has 1 unspecified atom stereocenters. The van der Waals surface area contributed by atoms with Gasteiger partial charge in [-0.2, -0.15) is 0 Å². The Bertz CT molecular complexity index is 476. The van der Waals surface area contributed by atoms with E-state index in [-0.39, 0.29) is 17.6 Å². The Hall–Kier alpha value is -1.62. The summed E-state index contributed by atoms with van der Waals surface area (Å²) < 4.78 is 0. The van der Waals surface area contributed by atoms with Gasteiger partial charge in [-0.15, -0.1) is 0 Å². The largest absolute Gasteiger partial charge is 0.353 e. The number of nitro benzene ring substituents is 1. The Labute approximate surface area is 103 Å². The lowest BCUT2D eigenvalue weighted by atomic mass is 10.0. The summed E-state index contributed by atoms with van der Waals surface area (Å²) >= 11 is 5.98. The number of benzene rings is 1. The topological polar surface area (TPSA) is 72.2 Å². The van der Waals surface area contributed by atoms with Crippen molar-refractivity contribution >= 4 is 23.2 Å². The van der Waals surface area contributed by atoms with Crippen LogP contribution >= 0.6 is 11.6 Å². The van der Waals surface area contributed by atoms with Crippen LogP contribution in [0.5, 0.6) is 0 Å². The fraction of sp³-hybridized carbons (Fsp3) is 0.364. The van der Waals surface area contributed by atoms with Gasteiger partial charge in [0.05, 0.1) is 4.92 Å². The van der Waals surface area contributed by atoms with Gasteiger partial charge in [0.15, 0.2) is 0 Å². The lowest BCUT2D eigenvalue weighted by Crippen LogP contribution is -2.27. The van der Waals surface area contributed by atoms with Crippen molar-refractivity contribution in [3.63, 3.8) is 0 Å². The van der Waals surface area contributed by atoms with E-state index in [1.807, 2.05) is 0 Å². The second-order valence-electron chi connectivity index (χ2n) is 4.04. The van der Waals surface area contributed by atoms with Crippen molar-refractivity contribution in [1.82, 2.24) is 5.32 Å². The second kappa shape index (κ2) is 4.71. The van der Waals surface area contributed by atoms with Crippen molar-refractivity contribution in [2.24, 2.45) is 0 Å². The van der Waals surface area contributed by atoms with Gasteiger partial charge in [-0.25, -0.2) is 0 Å². The van der Waals surface area contributed by atoms with Gasteiger partial charge in [0.2, 0.25) is 5.91 Å². The van der Waals surface area contributed by atoms with Crippen molar-refractivity contribution in [1.29, 1.82) is 0 Å². The monoisotopic (exact) mass is 254 g/mol. The van der Waals surface area contributed by atoms with E-state index in [4.69, 9.17) is 11.6 Å². The molecule has 5 nitrogen and oxygen atoms in total. The molecule has 0 spiro atoms. The van der Waals surface area contributed by atoms with E-state index in [2.05, 4.69) is 5.32 Å². The highest BCUT2D eigenvalue weighted by Crippen LogP contribution is 2.24. The van der Waals surface area contributed by atoms with E-state index < -0.39 is 4.92 Å². The predicted molar refractivity (Wildman–Crippen MR) is 63.0 cm³/mol. The molecule has 1 aromatic rings. The van der Waals surface area contributed by atoms with Crippen LogP contribution in [-0.4, -0.2) is 16.9 Å². The average molecular weight is 255 g/mol. The first-order chi connectivity index (χ1) is 8.06. The molecule has 1 heterocycles. The predicted octanol–water partition coefficient (Wildman–Crippen LogP) is 2.07. The number of amides is 1. The van der Waals surface area contributed by atoms with Gasteiger partial charge >= 0.3 is 0 Å². The van der Waals surface area contributed by atoms with Crippen molar-refractivity contribution in [2.45, 2.75) is 25.3 Å². The van der Waals surface area contributed by atoms with Crippen LogP contribution in [0.25, 0.3) is 0 Å². The lowest BCUT2D eigenvalue weighted by Gasteiger charge is -2.10. The molecule has 0 bridgehead atoms. The molecule has 2 rings (SSSR count). The maximum atomic E-state index is 11.1. The number of hydrogen-bond donors (Lipinski definition) is 1. The van der Waals surface area contributed by atoms with Crippen LogP contribution in [0.3, 0.4) is 0 Å². The van der Waals surface area contributed by atoms with Gasteiger partial charge in [0.1, 0.15) is 0 Å². The molecule has 0 aliphatic carbocycles. The van der Waals surface area contributed by atoms with Crippen molar-refractivity contribution in [2.75, 3.05) is 0 Å². The number of halogens is 1. The van der Waals surface area contributed by atoms with Crippen LogP contribution < -0.4 is 5.32 Å². The summed E-state index contributed by atoms with van der Waals surface area (Å²) in [6, 6.07) is 4.39. The summed E-state index contributed by atoms with van der Waals surface area (Å²) in [5, 5.41) is 14.0. The highest BCUT2D eigenvalue weighted by atomic mass is 35.5. The van der Waals surface area contributed by atoms with Gasteiger partial charge in [0, 0.05) is 29.6 Å². The van der Waals surface area contributed by atoms with Crippen LogP contribution in [0.4, 0.5) is 5.69 Å². The van der Waals surface area contributed by atoms with Crippen LogP contribution in [0.15, 0.2) is 18.2 Å². The van der Waals surface area contributed by atoms with E-state index in [1.54, 1.807) is 0 Å². The number of rotatable bonds is 3. The number of hydrogen-bond acceptors (Lipinski definition) is 3. The van der Waals surface area contributed by atoms with Crippen LogP contribution in [-0.2, 0) is 11.2 Å². The molecule has 0 saturated carbocycles. The molecule has 17 heavy (non-hydrogen) atoms. The molecule has 1 atom stereocenters. The smallest absolute Gasteiger partial charge is 0.269 e. The molecule has 1 saturated heterocycles. The van der Waals surface area contributed by atoms with Crippen LogP contribution in [0.2, 0.25) is 5.02 Å². The van der Waals surface area contributed by atoms with Gasteiger partial charge in [-0.05, 0) is 24.5 Å². The maximum Gasteiger partial charge on any atom is 0.269 e. The molecule has 0 radical (unpaired) electrons. The minimum atomic E-state index is -0.451. The van der Waals surface area contributed by atoms with Crippen molar-refractivity contribution in [3.05, 3.63) is 38.9 Å². The summed E-state index contributed by atoms with van der Waals surface area (Å²) in [6.07, 6.45) is 1.79. The molecule has 1 aliphatic rings. The third-order valence-corrected chi connectivity index (χ3v) is 3.16. The molecular formula is C11H11ClN2O3. The third-order valence-electron chi connectivity index (χ3n) is 2.79. The van der Waals surface area contributed by atoms with E-state index in [0.717, 1.165) is 6.42 Å². The molecule has 1 fully saturated rings. The summed E-state index contributed by atoms with van der Waals surface area (Å²) in [4.78, 5) is 21.2. The molecule has 90 valence electrons. The first-order valence-corrected chi connectivity index (χ1v) is 5.66. The van der Waals surface area contributed by atoms with Crippen molar-refractivity contribution < 1.29 is 9.72 Å². The standard InChI is InChI=1S/C11H11ClN2O3/c12-10-3-2-9(14(16)17)6-7(10)5-8-1-4-11(15)13-8/h2-3,6,8H,1,4-5H2,(H,13,15). The molecule has 0 aromatic heterocycles. The Morgan fingerprint density at radius 3 is 2.88 bits per heavy atom. The fourth-order valence-corrected chi connectivity index (χ4v) is 2.12. The minimum Gasteiger partial charge on any atom is -0.353 e. The quantitative estimate of drug-likeness (QED) is 0.663. The lowest BCUT2D eigenvalue weighted by molar-refractivity contribution is -0.384. The zero-order chi connectivity index (χ0) is 12.4. The number of nitrogens with one attached hydrogen (secondary N) is 1. The highest BCUT2D eigenvalue weighted by molar-refractivity contribution is 6.31. The molecule has 1 aliphatic heterocycles. The average Bonchev–Trinajstić information content (AvgIpc) is 2.67. The number of nitro groups is 1. The van der Waals surface area contributed by atoms with Crippen LogP contribution in [0, 0.1) is 10.1 Å². The van der Waals surface area contributed by atoms with Gasteiger partial charge in [0.25, 0.3) is 5.69 Å². The highest BCUT2D eigenvalue weighted by Gasteiger charge is 2.22. The molecule has 1 N–H and O–H groups in total. The maximum absolute atomic E-state index is 11.1. The summed E-state index contributed by atoms with van der Waals surface area (Å²) in [6.45, 7) is 0. The molecule has 1 amide bonds. The van der Waals surface area contributed by atoms with E-state index in [0.29, 0.717) is 23.4 Å². The second-order valence-corrected chi connectivity index (χ2v) is 4.45. The normalized spacial score (nSPS) is 19.1. The fourth-order valence-electron chi connectivity index (χ4n) is 1.93. The van der Waals surface area contributed by atoms with E-state index in [1.165, 1.54) is 18.2 Å². The third kappa shape index (κ3) is 2.74. The van der Waals surface area contributed by atoms with Crippen molar-refractivity contribution in [3.8, 4) is 0 Å².